The van der Waals surface area contributed by atoms with Crippen LogP contribution in [0, 0.1) is 0 Å². The molecule has 6 rings (SSSR count). The number of rotatable bonds is 13. The van der Waals surface area contributed by atoms with Crippen molar-refractivity contribution in [3.8, 4) is 0 Å². The van der Waals surface area contributed by atoms with Gasteiger partial charge in [0.2, 0.25) is 0 Å². The van der Waals surface area contributed by atoms with Crippen molar-refractivity contribution in [2.24, 2.45) is 0 Å². The van der Waals surface area contributed by atoms with E-state index in [9.17, 15) is 19.2 Å². The molecule has 0 aromatic heterocycles. The number of hydrogen-bond acceptors (Lipinski definition) is 10. The molecule has 0 spiro atoms. The number of hydroxylamine groups is 2. The Hall–Kier alpha value is -6.10. The Morgan fingerprint density at radius 1 is 0.549 bits per heavy atom. The third-order valence-electron chi connectivity index (χ3n) is 8.19. The maximum absolute atomic E-state index is 13.6. The molecule has 1 heterocycles. The lowest BCUT2D eigenvalue weighted by atomic mass is 10.0. The van der Waals surface area contributed by atoms with E-state index in [1.165, 1.54) is 5.06 Å². The molecule has 0 amide bonds. The van der Waals surface area contributed by atoms with E-state index >= 15 is 0 Å². The molecule has 5 aromatic rings. The van der Waals surface area contributed by atoms with Gasteiger partial charge in [-0.25, -0.2) is 19.2 Å². The van der Waals surface area contributed by atoms with E-state index in [-0.39, 0.29) is 35.4 Å². The highest BCUT2D eigenvalue weighted by Crippen LogP contribution is 2.31. The Morgan fingerprint density at radius 2 is 0.980 bits per heavy atom. The average Bonchev–Trinajstić information content (AvgIpc) is 3.52. The quantitative estimate of drug-likeness (QED) is 0.103. The lowest BCUT2D eigenvalue weighted by molar-refractivity contribution is -0.209. The fraction of sp³-hybridized carbons (Fsp3) is 0.171. The molecule has 10 heteroatoms. The fourth-order valence-corrected chi connectivity index (χ4v) is 5.65. The molecular weight excluding hydrogens is 650 g/mol. The maximum atomic E-state index is 13.6. The number of carbonyl (C=O) groups excluding carboxylic acids is 4. The Labute approximate surface area is 295 Å². The molecule has 1 saturated heterocycles. The highest BCUT2D eigenvalue weighted by atomic mass is 16.7. The first-order valence-electron chi connectivity index (χ1n) is 16.4. The summed E-state index contributed by atoms with van der Waals surface area (Å²) in [5.41, 5.74) is 1.90. The van der Waals surface area contributed by atoms with Gasteiger partial charge in [-0.2, -0.15) is 5.06 Å². The fourth-order valence-electron chi connectivity index (χ4n) is 5.65. The van der Waals surface area contributed by atoms with E-state index in [1.54, 1.807) is 121 Å². The number of nitrogens with zero attached hydrogens (tertiary/aromatic N) is 1. The molecule has 0 aliphatic carbocycles. The molecule has 0 radical (unpaired) electrons. The van der Waals surface area contributed by atoms with Crippen LogP contribution in [-0.4, -0.2) is 66.4 Å². The Balaban J connectivity index is 1.37. The average molecular weight is 686 g/mol. The summed E-state index contributed by atoms with van der Waals surface area (Å²) in [6, 6.07) is 41.7. The van der Waals surface area contributed by atoms with Crippen LogP contribution in [-0.2, 0) is 30.4 Å². The molecule has 1 aliphatic rings. The standard InChI is InChI=1S/C41H35NO9/c43-38(30-18-8-2-9-19-30)47-28-35(50-40(45)32-22-12-4-13-23-32)36-37(51-41(46)33-24-14-5-15-25-33)34(49-39(44)31-20-10-3-11-21-31)26-42(36)48-27-29-16-6-1-7-17-29/h1-25,34-37H,26-28H2/t34-,35+,36+,37-/m1/s1. The van der Waals surface area contributed by atoms with Crippen LogP contribution in [0.3, 0.4) is 0 Å². The summed E-state index contributed by atoms with van der Waals surface area (Å²) in [7, 11) is 0. The number of hydrogen-bond donors (Lipinski definition) is 0. The second kappa shape index (κ2) is 17.0. The minimum Gasteiger partial charge on any atom is -0.458 e. The van der Waals surface area contributed by atoms with E-state index in [2.05, 4.69) is 0 Å². The second-order valence-electron chi connectivity index (χ2n) is 11.7. The van der Waals surface area contributed by atoms with Crippen molar-refractivity contribution in [1.29, 1.82) is 0 Å². The lowest BCUT2D eigenvalue weighted by Crippen LogP contribution is -2.51. The van der Waals surface area contributed by atoms with Crippen LogP contribution in [0.15, 0.2) is 152 Å². The lowest BCUT2D eigenvalue weighted by Gasteiger charge is -2.33. The van der Waals surface area contributed by atoms with Gasteiger partial charge >= 0.3 is 23.9 Å². The normalized spacial score (nSPS) is 17.5. The van der Waals surface area contributed by atoms with Gasteiger partial charge in [0.05, 0.1) is 35.4 Å². The van der Waals surface area contributed by atoms with E-state index in [4.69, 9.17) is 23.8 Å². The molecule has 10 nitrogen and oxygen atoms in total. The summed E-state index contributed by atoms with van der Waals surface area (Å²) in [5, 5.41) is 1.47. The molecular formula is C41H35NO9. The van der Waals surface area contributed by atoms with Gasteiger partial charge in [0, 0.05) is 0 Å². The van der Waals surface area contributed by atoms with Gasteiger partial charge in [0.1, 0.15) is 12.6 Å². The van der Waals surface area contributed by atoms with Crippen molar-refractivity contribution in [1.82, 2.24) is 5.06 Å². The largest absolute Gasteiger partial charge is 0.458 e. The van der Waals surface area contributed by atoms with E-state index in [1.807, 2.05) is 30.3 Å². The third kappa shape index (κ3) is 9.13. The summed E-state index contributed by atoms with van der Waals surface area (Å²) in [6.07, 6.45) is -3.60. The van der Waals surface area contributed by atoms with Gasteiger partial charge in [-0.1, -0.05) is 103 Å². The summed E-state index contributed by atoms with van der Waals surface area (Å²) >= 11 is 0. The molecule has 0 saturated carbocycles. The van der Waals surface area contributed by atoms with Crippen LogP contribution in [0.25, 0.3) is 0 Å². The van der Waals surface area contributed by atoms with E-state index < -0.39 is 54.8 Å². The molecule has 5 aromatic carbocycles. The minimum atomic E-state index is -1.27. The van der Waals surface area contributed by atoms with Gasteiger partial charge in [-0.3, -0.25) is 4.84 Å². The van der Waals surface area contributed by atoms with Crippen LogP contribution in [0.5, 0.6) is 0 Å². The van der Waals surface area contributed by atoms with Crippen LogP contribution in [0.4, 0.5) is 0 Å². The molecule has 258 valence electrons. The van der Waals surface area contributed by atoms with E-state index in [0.29, 0.717) is 0 Å². The number of esters is 4. The first-order valence-corrected chi connectivity index (χ1v) is 16.4. The van der Waals surface area contributed by atoms with Crippen molar-refractivity contribution >= 4 is 23.9 Å². The number of benzene rings is 5. The Bertz CT molecular complexity index is 1890. The third-order valence-corrected chi connectivity index (χ3v) is 8.19. The zero-order chi connectivity index (χ0) is 35.4. The van der Waals surface area contributed by atoms with Crippen molar-refractivity contribution < 1.29 is 43.0 Å². The van der Waals surface area contributed by atoms with Crippen LogP contribution in [0.1, 0.15) is 47.0 Å². The van der Waals surface area contributed by atoms with Gasteiger partial charge in [0.25, 0.3) is 0 Å². The highest BCUT2D eigenvalue weighted by Gasteiger charge is 2.53. The maximum Gasteiger partial charge on any atom is 0.338 e. The Kier molecular flexibility index (Phi) is 11.6. The molecule has 51 heavy (non-hydrogen) atoms. The minimum absolute atomic E-state index is 0.0746. The zero-order valence-electron chi connectivity index (χ0n) is 27.5. The first-order chi connectivity index (χ1) is 25.0. The van der Waals surface area contributed by atoms with Gasteiger partial charge < -0.3 is 18.9 Å². The second-order valence-corrected chi connectivity index (χ2v) is 11.7. The summed E-state index contributed by atoms with van der Waals surface area (Å²) < 4.78 is 23.9. The predicted octanol–water partition coefficient (Wildman–Crippen LogP) is 6.34. The van der Waals surface area contributed by atoms with Crippen LogP contribution >= 0.6 is 0 Å². The van der Waals surface area contributed by atoms with Crippen molar-refractivity contribution in [2.75, 3.05) is 13.2 Å². The van der Waals surface area contributed by atoms with Crippen molar-refractivity contribution in [3.63, 3.8) is 0 Å². The molecule has 1 fully saturated rings. The van der Waals surface area contributed by atoms with Gasteiger partial charge in [-0.15, -0.1) is 0 Å². The van der Waals surface area contributed by atoms with Crippen LogP contribution < -0.4 is 0 Å². The molecule has 0 bridgehead atoms. The molecule has 0 unspecified atom stereocenters. The zero-order valence-corrected chi connectivity index (χ0v) is 27.5. The molecule has 4 atom stereocenters. The van der Waals surface area contributed by atoms with Gasteiger partial charge in [0.15, 0.2) is 18.3 Å². The molecule has 1 aliphatic heterocycles. The van der Waals surface area contributed by atoms with Gasteiger partial charge in [-0.05, 0) is 54.1 Å². The number of ether oxygens (including phenoxy) is 4. The Morgan fingerprint density at radius 3 is 1.49 bits per heavy atom. The van der Waals surface area contributed by atoms with Crippen LogP contribution in [0.2, 0.25) is 0 Å². The highest BCUT2D eigenvalue weighted by molar-refractivity contribution is 5.91. The monoisotopic (exact) mass is 685 g/mol. The summed E-state index contributed by atoms with van der Waals surface area (Å²) in [5.74, 6) is -2.72. The summed E-state index contributed by atoms with van der Waals surface area (Å²) in [4.78, 5) is 60.1. The summed E-state index contributed by atoms with van der Waals surface area (Å²) in [6.45, 7) is -0.436. The molecule has 0 N–H and O–H groups in total. The first kappa shape index (κ1) is 34.8. The SMILES string of the molecule is O=C(OC[C@H](OC(=O)c1ccccc1)[C@H]1[C@H](OC(=O)c2ccccc2)[C@H](OC(=O)c2ccccc2)CN1OCc1ccccc1)c1ccccc1. The number of carbonyl (C=O) groups is 4. The predicted molar refractivity (Wildman–Crippen MR) is 185 cm³/mol. The topological polar surface area (TPSA) is 118 Å². The van der Waals surface area contributed by atoms with Crippen molar-refractivity contribution in [3.05, 3.63) is 179 Å². The van der Waals surface area contributed by atoms with E-state index in [0.717, 1.165) is 5.56 Å². The van der Waals surface area contributed by atoms with Crippen molar-refractivity contribution in [2.45, 2.75) is 31.0 Å². The smallest absolute Gasteiger partial charge is 0.338 e.